The van der Waals surface area contributed by atoms with Gasteiger partial charge in [-0.3, -0.25) is 0 Å². The Morgan fingerprint density at radius 3 is 2.05 bits per heavy atom. The molecule has 1 amide bonds. The molecule has 0 spiro atoms. The third-order valence-corrected chi connectivity index (χ3v) is 4.37. The second-order valence-corrected chi connectivity index (χ2v) is 6.79. The first-order valence-electron chi connectivity index (χ1n) is 5.87. The molecule has 0 radical (unpaired) electrons. The number of rotatable bonds is 5. The van der Waals surface area contributed by atoms with Crippen LogP contribution in [0.3, 0.4) is 0 Å². The van der Waals surface area contributed by atoms with Crippen molar-refractivity contribution in [3.8, 4) is 0 Å². The highest BCUT2D eigenvalue weighted by atomic mass is 127. The summed E-state index contributed by atoms with van der Waals surface area (Å²) >= 11 is 2.06. The van der Waals surface area contributed by atoms with Gasteiger partial charge in [0.2, 0.25) is 0 Å². The summed E-state index contributed by atoms with van der Waals surface area (Å²) < 4.78 is 5.54. The monoisotopic (exact) mass is 387 g/mol. The van der Waals surface area contributed by atoms with E-state index in [1.54, 1.807) is 34.6 Å². The molecule has 7 heteroatoms. The number of aliphatic hydroxyl groups excluding tert-OH is 1. The van der Waals surface area contributed by atoms with Crippen molar-refractivity contribution in [2.45, 2.75) is 52.4 Å². The van der Waals surface area contributed by atoms with Crippen molar-refractivity contribution in [1.29, 1.82) is 0 Å². The van der Waals surface area contributed by atoms with E-state index in [9.17, 15) is 14.7 Å². The maximum atomic E-state index is 11.6. The van der Waals surface area contributed by atoms with E-state index < -0.39 is 35.2 Å². The standard InChI is InChI=1S/C12H22INO5/c1-11(2,3)19-10(18)14-7(9(16)17)8(15)12(4,5)6-13/h7-8,15H,6H2,1-5H3,(H,14,18)(H,16,17)/t7-,8-/m0/s1. The summed E-state index contributed by atoms with van der Waals surface area (Å²) in [6.07, 6.45) is -2.07. The number of aliphatic carboxylic acids is 1. The van der Waals surface area contributed by atoms with Gasteiger partial charge in [-0.05, 0) is 20.8 Å². The highest BCUT2D eigenvalue weighted by Gasteiger charge is 2.39. The predicted molar refractivity (Wildman–Crippen MR) is 79.5 cm³/mol. The average molecular weight is 387 g/mol. The molecule has 0 aromatic heterocycles. The zero-order valence-electron chi connectivity index (χ0n) is 11.9. The first-order chi connectivity index (χ1) is 8.40. The van der Waals surface area contributed by atoms with E-state index in [0.717, 1.165) is 0 Å². The van der Waals surface area contributed by atoms with E-state index in [1.165, 1.54) is 0 Å². The molecule has 112 valence electrons. The van der Waals surface area contributed by atoms with Gasteiger partial charge in [0.25, 0.3) is 0 Å². The highest BCUT2D eigenvalue weighted by molar-refractivity contribution is 14.1. The largest absolute Gasteiger partial charge is 0.480 e. The number of carbonyl (C=O) groups excluding carboxylic acids is 1. The zero-order valence-corrected chi connectivity index (χ0v) is 14.0. The fraction of sp³-hybridized carbons (Fsp3) is 0.833. The lowest BCUT2D eigenvalue weighted by molar-refractivity contribution is -0.144. The molecule has 3 N–H and O–H groups in total. The highest BCUT2D eigenvalue weighted by Crippen LogP contribution is 2.26. The molecule has 0 bridgehead atoms. The third-order valence-electron chi connectivity index (χ3n) is 2.40. The van der Waals surface area contributed by atoms with Crippen LogP contribution in [0.5, 0.6) is 0 Å². The summed E-state index contributed by atoms with van der Waals surface area (Å²) in [7, 11) is 0. The lowest BCUT2D eigenvalue weighted by Crippen LogP contribution is -2.55. The number of alkyl carbamates (subject to hydrolysis) is 1. The molecule has 0 aliphatic carbocycles. The minimum Gasteiger partial charge on any atom is -0.480 e. The Morgan fingerprint density at radius 1 is 1.26 bits per heavy atom. The minimum atomic E-state index is -1.40. The van der Waals surface area contributed by atoms with Gasteiger partial charge in [0, 0.05) is 9.84 Å². The van der Waals surface area contributed by atoms with E-state index in [4.69, 9.17) is 9.84 Å². The topological polar surface area (TPSA) is 95.9 Å². The molecule has 2 atom stereocenters. The van der Waals surface area contributed by atoms with E-state index in [0.29, 0.717) is 4.43 Å². The molecule has 19 heavy (non-hydrogen) atoms. The number of amides is 1. The molecule has 0 aliphatic rings. The number of hydrogen-bond acceptors (Lipinski definition) is 4. The van der Waals surface area contributed by atoms with Crippen LogP contribution in [0.2, 0.25) is 0 Å². The molecule has 0 fully saturated rings. The molecule has 0 saturated heterocycles. The molecule has 0 saturated carbocycles. The van der Waals surface area contributed by atoms with Gasteiger partial charge < -0.3 is 20.3 Å². The van der Waals surface area contributed by atoms with Crippen molar-refractivity contribution in [2.24, 2.45) is 5.41 Å². The smallest absolute Gasteiger partial charge is 0.408 e. The van der Waals surface area contributed by atoms with Crippen molar-refractivity contribution in [3.05, 3.63) is 0 Å². The molecule has 0 aromatic rings. The van der Waals surface area contributed by atoms with Gasteiger partial charge >= 0.3 is 12.1 Å². The van der Waals surface area contributed by atoms with Gasteiger partial charge in [0.1, 0.15) is 5.60 Å². The fourth-order valence-electron chi connectivity index (χ4n) is 1.24. The average Bonchev–Trinajstić information content (AvgIpc) is 2.22. The Labute approximate surface area is 127 Å². The van der Waals surface area contributed by atoms with E-state index in [2.05, 4.69) is 27.9 Å². The first-order valence-corrected chi connectivity index (χ1v) is 7.39. The lowest BCUT2D eigenvalue weighted by atomic mass is 9.84. The van der Waals surface area contributed by atoms with Crippen LogP contribution in [-0.2, 0) is 9.53 Å². The number of halogens is 1. The minimum absolute atomic E-state index is 0.547. The summed E-state index contributed by atoms with van der Waals surface area (Å²) in [5, 5.41) is 21.4. The second-order valence-electron chi connectivity index (χ2n) is 6.03. The van der Waals surface area contributed by atoms with Gasteiger partial charge in [0.05, 0.1) is 6.10 Å². The summed E-state index contributed by atoms with van der Waals surface area (Å²) in [5.41, 5.74) is -1.37. The zero-order chi connectivity index (χ0) is 15.4. The number of nitrogens with one attached hydrogen (secondary N) is 1. The maximum Gasteiger partial charge on any atom is 0.408 e. The summed E-state index contributed by atoms with van der Waals surface area (Å²) in [6, 6.07) is -1.40. The van der Waals surface area contributed by atoms with Crippen LogP contribution >= 0.6 is 22.6 Å². The van der Waals surface area contributed by atoms with Crippen LogP contribution in [0.25, 0.3) is 0 Å². The van der Waals surface area contributed by atoms with E-state index in [1.807, 2.05) is 0 Å². The van der Waals surface area contributed by atoms with Crippen molar-refractivity contribution in [2.75, 3.05) is 4.43 Å². The van der Waals surface area contributed by atoms with Crippen molar-refractivity contribution in [1.82, 2.24) is 5.32 Å². The van der Waals surface area contributed by atoms with Gasteiger partial charge in [-0.2, -0.15) is 0 Å². The molecule has 0 unspecified atom stereocenters. The summed E-state index contributed by atoms with van der Waals surface area (Å²) in [5.74, 6) is -1.30. The SMILES string of the molecule is CC(C)(C)OC(=O)N[C@H](C(=O)O)[C@H](O)C(C)(C)CI. The second kappa shape index (κ2) is 6.74. The summed E-state index contributed by atoms with van der Waals surface area (Å²) in [6.45, 7) is 8.49. The number of ether oxygens (including phenoxy) is 1. The Morgan fingerprint density at radius 2 is 1.74 bits per heavy atom. The molecule has 0 aromatic carbocycles. The van der Waals surface area contributed by atoms with Crippen LogP contribution in [0.4, 0.5) is 4.79 Å². The Bertz CT molecular complexity index is 338. The van der Waals surface area contributed by atoms with Gasteiger partial charge in [-0.15, -0.1) is 0 Å². The van der Waals surface area contributed by atoms with Crippen LogP contribution in [0.1, 0.15) is 34.6 Å². The number of carboxylic acids is 1. The number of aliphatic hydroxyl groups is 1. The molecule has 0 rings (SSSR count). The number of alkyl halides is 1. The van der Waals surface area contributed by atoms with Crippen LogP contribution < -0.4 is 5.32 Å². The molecular weight excluding hydrogens is 365 g/mol. The summed E-state index contributed by atoms with van der Waals surface area (Å²) in [4.78, 5) is 22.8. The van der Waals surface area contributed by atoms with Crippen molar-refractivity contribution >= 4 is 34.7 Å². The van der Waals surface area contributed by atoms with Crippen molar-refractivity contribution in [3.63, 3.8) is 0 Å². The van der Waals surface area contributed by atoms with Crippen LogP contribution in [0.15, 0.2) is 0 Å². The van der Waals surface area contributed by atoms with Gasteiger partial charge in [-0.25, -0.2) is 9.59 Å². The molecular formula is C12H22INO5. The maximum absolute atomic E-state index is 11.6. The van der Waals surface area contributed by atoms with Crippen LogP contribution in [-0.4, -0.2) is 44.5 Å². The molecule has 0 heterocycles. The number of hydrogen-bond donors (Lipinski definition) is 3. The predicted octanol–water partition coefficient (Wildman–Crippen LogP) is 1.79. The van der Waals surface area contributed by atoms with E-state index in [-0.39, 0.29) is 0 Å². The third kappa shape index (κ3) is 6.42. The Hall–Kier alpha value is -0.570. The Kier molecular flexibility index (Phi) is 6.53. The number of carboxylic acid groups (broad SMARTS) is 1. The number of carbonyl (C=O) groups is 2. The quantitative estimate of drug-likeness (QED) is 0.494. The Balaban J connectivity index is 4.86. The lowest BCUT2D eigenvalue weighted by Gasteiger charge is -2.33. The fourth-order valence-corrected chi connectivity index (χ4v) is 1.69. The van der Waals surface area contributed by atoms with Crippen LogP contribution in [0, 0.1) is 5.41 Å². The van der Waals surface area contributed by atoms with Crippen molar-refractivity contribution < 1.29 is 24.5 Å². The van der Waals surface area contributed by atoms with Gasteiger partial charge in [0.15, 0.2) is 6.04 Å². The molecule has 6 nitrogen and oxygen atoms in total. The van der Waals surface area contributed by atoms with E-state index >= 15 is 0 Å². The first kappa shape index (κ1) is 18.4. The molecule has 0 aliphatic heterocycles. The normalized spacial score (nSPS) is 15.5. The van der Waals surface area contributed by atoms with Gasteiger partial charge in [-0.1, -0.05) is 36.4 Å².